The minimum atomic E-state index is -1.04. The van der Waals surface area contributed by atoms with Gasteiger partial charge in [0, 0.05) is 12.0 Å². The second-order valence-electron chi connectivity index (χ2n) is 9.64. The van der Waals surface area contributed by atoms with Crippen molar-refractivity contribution in [1.29, 1.82) is 0 Å². The molecular weight excluding hydrogens is 432 g/mol. The summed E-state index contributed by atoms with van der Waals surface area (Å²) in [5, 5.41) is 15.0. The summed E-state index contributed by atoms with van der Waals surface area (Å²) in [5.41, 5.74) is 4.60. The van der Waals surface area contributed by atoms with E-state index < -0.39 is 24.0 Å². The molecule has 2 aliphatic carbocycles. The third-order valence-corrected chi connectivity index (χ3v) is 6.82. The van der Waals surface area contributed by atoms with Gasteiger partial charge < -0.3 is 20.5 Å². The van der Waals surface area contributed by atoms with Gasteiger partial charge in [-0.15, -0.1) is 0 Å². The standard InChI is InChI=1S/C27H32N2O5/c1-16(2)14-24(26(31)32)28-25(30)21-12-7-13-23(21)29-27(33)34-15-22-19-10-5-3-8-17(19)18-9-4-6-11-20(18)22/h3-6,8-11,16,21-24H,7,12-15H2,1-2H3,(H,28,30)(H,29,33)(H,31,32)/t21?,23?,24-/m1/s1. The maximum absolute atomic E-state index is 12.8. The lowest BCUT2D eigenvalue weighted by Crippen LogP contribution is -2.49. The third-order valence-electron chi connectivity index (χ3n) is 6.82. The predicted octanol–water partition coefficient (Wildman–Crippen LogP) is 4.31. The smallest absolute Gasteiger partial charge is 0.407 e. The molecule has 0 saturated heterocycles. The van der Waals surface area contributed by atoms with E-state index in [0.29, 0.717) is 19.3 Å². The number of aliphatic carboxylic acids is 1. The summed E-state index contributed by atoms with van der Waals surface area (Å²) in [4.78, 5) is 37.0. The lowest BCUT2D eigenvalue weighted by atomic mass is 9.98. The molecule has 1 saturated carbocycles. The van der Waals surface area contributed by atoms with Gasteiger partial charge in [-0.2, -0.15) is 0 Å². The molecule has 7 nitrogen and oxygen atoms in total. The fraction of sp³-hybridized carbons (Fsp3) is 0.444. The van der Waals surface area contributed by atoms with E-state index >= 15 is 0 Å². The largest absolute Gasteiger partial charge is 0.480 e. The van der Waals surface area contributed by atoms with Crippen LogP contribution in [0, 0.1) is 11.8 Å². The highest BCUT2D eigenvalue weighted by molar-refractivity contribution is 5.86. The number of carbonyl (C=O) groups is 3. The number of carboxylic acids is 1. The van der Waals surface area contributed by atoms with Crippen molar-refractivity contribution >= 4 is 18.0 Å². The topological polar surface area (TPSA) is 105 Å². The summed E-state index contributed by atoms with van der Waals surface area (Å²) in [5.74, 6) is -1.72. The molecule has 2 unspecified atom stereocenters. The molecular formula is C27H32N2O5. The Hall–Kier alpha value is -3.35. The van der Waals surface area contributed by atoms with Crippen LogP contribution in [-0.4, -0.2) is 41.8 Å². The van der Waals surface area contributed by atoms with E-state index in [9.17, 15) is 19.5 Å². The van der Waals surface area contributed by atoms with E-state index in [-0.39, 0.29) is 30.4 Å². The van der Waals surface area contributed by atoms with Gasteiger partial charge in [-0.1, -0.05) is 68.8 Å². The molecule has 0 heterocycles. The van der Waals surface area contributed by atoms with Gasteiger partial charge in [0.05, 0.1) is 5.92 Å². The SMILES string of the molecule is CC(C)C[C@@H](NC(=O)C1CCCC1NC(=O)OCC1c2ccccc2-c2ccccc21)C(=O)O. The number of ether oxygens (including phenoxy) is 1. The maximum atomic E-state index is 12.8. The van der Waals surface area contributed by atoms with Crippen molar-refractivity contribution < 1.29 is 24.2 Å². The molecule has 4 rings (SSSR count). The molecule has 2 aromatic rings. The molecule has 0 bridgehead atoms. The minimum Gasteiger partial charge on any atom is -0.480 e. The molecule has 0 aliphatic heterocycles. The quantitative estimate of drug-likeness (QED) is 0.540. The summed E-state index contributed by atoms with van der Waals surface area (Å²) in [6, 6.07) is 15.0. The molecule has 34 heavy (non-hydrogen) atoms. The van der Waals surface area contributed by atoms with Crippen molar-refractivity contribution in [2.24, 2.45) is 11.8 Å². The number of hydrogen-bond donors (Lipinski definition) is 3. The van der Waals surface area contributed by atoms with Crippen LogP contribution in [0.3, 0.4) is 0 Å². The fourth-order valence-electron chi connectivity index (χ4n) is 5.21. The first kappa shape index (κ1) is 23.8. The van der Waals surface area contributed by atoms with Gasteiger partial charge in [0.1, 0.15) is 12.6 Å². The number of carbonyl (C=O) groups excluding carboxylic acids is 2. The number of amides is 2. The highest BCUT2D eigenvalue weighted by Gasteiger charge is 2.36. The molecule has 2 amide bonds. The van der Waals surface area contributed by atoms with Crippen LogP contribution in [0.1, 0.15) is 56.6 Å². The molecule has 1 fully saturated rings. The van der Waals surface area contributed by atoms with Gasteiger partial charge in [-0.3, -0.25) is 4.79 Å². The molecule has 0 spiro atoms. The normalized spacial score (nSPS) is 19.9. The molecule has 2 aliphatic rings. The Morgan fingerprint density at radius 3 is 2.21 bits per heavy atom. The number of hydrogen-bond acceptors (Lipinski definition) is 4. The van der Waals surface area contributed by atoms with E-state index in [1.54, 1.807) is 0 Å². The second-order valence-corrected chi connectivity index (χ2v) is 9.64. The van der Waals surface area contributed by atoms with Crippen LogP contribution < -0.4 is 10.6 Å². The Kier molecular flexibility index (Phi) is 7.20. The van der Waals surface area contributed by atoms with E-state index in [1.807, 2.05) is 38.1 Å². The highest BCUT2D eigenvalue weighted by Crippen LogP contribution is 2.44. The summed E-state index contributed by atoms with van der Waals surface area (Å²) in [6.45, 7) is 4.04. The first-order valence-electron chi connectivity index (χ1n) is 12.0. The van der Waals surface area contributed by atoms with Gasteiger partial charge >= 0.3 is 12.1 Å². The average molecular weight is 465 g/mol. The van der Waals surface area contributed by atoms with Crippen LogP contribution in [0.5, 0.6) is 0 Å². The lowest BCUT2D eigenvalue weighted by molar-refractivity contribution is -0.143. The van der Waals surface area contributed by atoms with E-state index in [2.05, 4.69) is 34.9 Å². The number of carboxylic acid groups (broad SMARTS) is 1. The second kappa shape index (κ2) is 10.3. The van der Waals surface area contributed by atoms with Crippen LogP contribution in [0.25, 0.3) is 11.1 Å². The van der Waals surface area contributed by atoms with Crippen molar-refractivity contribution in [3.05, 3.63) is 59.7 Å². The zero-order valence-electron chi connectivity index (χ0n) is 19.6. The van der Waals surface area contributed by atoms with Crippen molar-refractivity contribution in [2.75, 3.05) is 6.61 Å². The molecule has 3 atom stereocenters. The van der Waals surface area contributed by atoms with Gasteiger partial charge in [0.25, 0.3) is 0 Å². The van der Waals surface area contributed by atoms with E-state index in [0.717, 1.165) is 28.7 Å². The van der Waals surface area contributed by atoms with Crippen LogP contribution in [0.2, 0.25) is 0 Å². The number of benzene rings is 2. The summed E-state index contributed by atoms with van der Waals surface area (Å²) >= 11 is 0. The van der Waals surface area contributed by atoms with Crippen LogP contribution in [0.4, 0.5) is 4.79 Å². The number of fused-ring (bicyclic) bond motifs is 3. The minimum absolute atomic E-state index is 0.0341. The molecule has 180 valence electrons. The Bertz CT molecular complexity index is 1020. The highest BCUT2D eigenvalue weighted by atomic mass is 16.5. The van der Waals surface area contributed by atoms with Crippen molar-refractivity contribution in [1.82, 2.24) is 10.6 Å². The Morgan fingerprint density at radius 2 is 1.62 bits per heavy atom. The van der Waals surface area contributed by atoms with Crippen molar-refractivity contribution in [3.63, 3.8) is 0 Å². The molecule has 3 N–H and O–H groups in total. The Labute approximate surface area is 199 Å². The van der Waals surface area contributed by atoms with Gasteiger partial charge in [-0.25, -0.2) is 9.59 Å². The first-order valence-corrected chi connectivity index (χ1v) is 12.0. The van der Waals surface area contributed by atoms with Crippen LogP contribution in [0.15, 0.2) is 48.5 Å². The Morgan fingerprint density at radius 1 is 1.00 bits per heavy atom. The number of nitrogens with one attached hydrogen (secondary N) is 2. The van der Waals surface area contributed by atoms with Crippen LogP contribution >= 0.6 is 0 Å². The first-order chi connectivity index (χ1) is 16.3. The monoisotopic (exact) mass is 464 g/mol. The van der Waals surface area contributed by atoms with Crippen molar-refractivity contribution in [2.45, 2.75) is 57.5 Å². The zero-order chi connectivity index (χ0) is 24.2. The van der Waals surface area contributed by atoms with Gasteiger partial charge in [0.15, 0.2) is 0 Å². The maximum Gasteiger partial charge on any atom is 0.407 e. The van der Waals surface area contributed by atoms with Gasteiger partial charge in [0.2, 0.25) is 5.91 Å². The predicted molar refractivity (Wildman–Crippen MR) is 128 cm³/mol. The summed E-state index contributed by atoms with van der Waals surface area (Å²) in [7, 11) is 0. The van der Waals surface area contributed by atoms with E-state index in [1.165, 1.54) is 0 Å². The summed E-state index contributed by atoms with van der Waals surface area (Å²) < 4.78 is 5.63. The molecule has 0 radical (unpaired) electrons. The molecule has 7 heteroatoms. The summed E-state index contributed by atoms with van der Waals surface area (Å²) in [6.07, 6.45) is 1.86. The third kappa shape index (κ3) is 5.08. The van der Waals surface area contributed by atoms with Crippen LogP contribution in [-0.2, 0) is 14.3 Å². The number of rotatable bonds is 8. The average Bonchev–Trinajstić information content (AvgIpc) is 3.39. The number of alkyl carbamates (subject to hydrolysis) is 1. The molecule has 2 aromatic carbocycles. The van der Waals surface area contributed by atoms with E-state index in [4.69, 9.17) is 4.74 Å². The van der Waals surface area contributed by atoms with Gasteiger partial charge in [-0.05, 0) is 47.4 Å². The fourth-order valence-corrected chi connectivity index (χ4v) is 5.21. The lowest BCUT2D eigenvalue weighted by Gasteiger charge is -2.23. The van der Waals surface area contributed by atoms with Crippen molar-refractivity contribution in [3.8, 4) is 11.1 Å². The molecule has 0 aromatic heterocycles. The zero-order valence-corrected chi connectivity index (χ0v) is 19.6. The Balaban J connectivity index is 1.36.